The second-order valence-corrected chi connectivity index (χ2v) is 7.39. The molecule has 7 heteroatoms. The summed E-state index contributed by atoms with van der Waals surface area (Å²) in [6.07, 6.45) is 1.23. The zero-order valence-corrected chi connectivity index (χ0v) is 14.9. The number of hydrogen-bond acceptors (Lipinski definition) is 6. The van der Waals surface area contributed by atoms with Gasteiger partial charge < -0.3 is 10.1 Å². The second-order valence-electron chi connectivity index (χ2n) is 5.62. The van der Waals surface area contributed by atoms with E-state index < -0.39 is 12.1 Å². The zero-order chi connectivity index (χ0) is 16.9. The quantitative estimate of drug-likeness (QED) is 0.605. The Labute approximate surface area is 148 Å². The number of aromatic nitrogens is 1. The van der Waals surface area contributed by atoms with Gasteiger partial charge in [0.15, 0.2) is 6.10 Å². The van der Waals surface area contributed by atoms with Crippen molar-refractivity contribution in [2.75, 3.05) is 0 Å². The molecule has 1 aliphatic rings. The standard InChI is InChI=1S/C17H18N2O3S2/c1-11(16(20)19-13-4-5-13)22-17(21)12-2-6-15(7-3-12)24-9-14-8-23-10-18-14/h2-3,6-8,10-11,13H,4-5,9H2,1H3,(H,19,20). The fourth-order valence-electron chi connectivity index (χ4n) is 1.98. The van der Waals surface area contributed by atoms with E-state index in [1.165, 1.54) is 0 Å². The predicted octanol–water partition coefficient (Wildman–Crippen LogP) is 3.26. The fourth-order valence-corrected chi connectivity index (χ4v) is 3.45. The number of thioether (sulfide) groups is 1. The molecule has 3 rings (SSSR count). The number of rotatable bonds is 7. The first-order valence-corrected chi connectivity index (χ1v) is 9.66. The number of nitrogens with one attached hydrogen (secondary N) is 1. The first-order valence-electron chi connectivity index (χ1n) is 7.73. The summed E-state index contributed by atoms with van der Waals surface area (Å²) in [4.78, 5) is 29.2. The minimum absolute atomic E-state index is 0.235. The third kappa shape index (κ3) is 4.82. The van der Waals surface area contributed by atoms with Crippen molar-refractivity contribution < 1.29 is 14.3 Å². The molecule has 1 aromatic heterocycles. The molecule has 0 radical (unpaired) electrons. The largest absolute Gasteiger partial charge is 0.449 e. The highest BCUT2D eigenvalue weighted by atomic mass is 32.2. The molecule has 5 nitrogen and oxygen atoms in total. The van der Waals surface area contributed by atoms with E-state index in [9.17, 15) is 9.59 Å². The van der Waals surface area contributed by atoms with Crippen LogP contribution < -0.4 is 5.32 Å². The molecule has 0 aliphatic heterocycles. The van der Waals surface area contributed by atoms with Gasteiger partial charge in [-0.1, -0.05) is 0 Å². The van der Waals surface area contributed by atoms with Crippen molar-refractivity contribution in [2.24, 2.45) is 0 Å². The fraction of sp³-hybridized carbons (Fsp3) is 0.353. The average Bonchev–Trinajstić information content (AvgIpc) is 3.24. The minimum atomic E-state index is -0.781. The summed E-state index contributed by atoms with van der Waals surface area (Å²) in [7, 11) is 0. The number of carbonyl (C=O) groups excluding carboxylic acids is 2. The molecule has 1 atom stereocenters. The Hall–Kier alpha value is -1.86. The van der Waals surface area contributed by atoms with Gasteiger partial charge in [0, 0.05) is 22.1 Å². The van der Waals surface area contributed by atoms with Crippen molar-refractivity contribution in [2.45, 2.75) is 42.6 Å². The van der Waals surface area contributed by atoms with Crippen LogP contribution >= 0.6 is 23.1 Å². The van der Waals surface area contributed by atoms with E-state index in [0.29, 0.717) is 5.56 Å². The summed E-state index contributed by atoms with van der Waals surface area (Å²) in [5.74, 6) is 0.0804. The molecule has 2 aromatic rings. The van der Waals surface area contributed by atoms with Crippen molar-refractivity contribution in [1.29, 1.82) is 0 Å². The Morgan fingerprint density at radius 3 is 2.75 bits per heavy atom. The van der Waals surface area contributed by atoms with Gasteiger partial charge in [0.05, 0.1) is 16.8 Å². The highest BCUT2D eigenvalue weighted by Crippen LogP contribution is 2.23. The molecule has 126 valence electrons. The Balaban J connectivity index is 1.50. The summed E-state index contributed by atoms with van der Waals surface area (Å²) in [5, 5.41) is 4.85. The summed E-state index contributed by atoms with van der Waals surface area (Å²) in [6.45, 7) is 1.59. The summed E-state index contributed by atoms with van der Waals surface area (Å²) in [5.41, 5.74) is 3.30. The van der Waals surface area contributed by atoms with Gasteiger partial charge in [-0.2, -0.15) is 0 Å². The molecular formula is C17H18N2O3S2. The van der Waals surface area contributed by atoms with E-state index >= 15 is 0 Å². The van der Waals surface area contributed by atoms with Crippen molar-refractivity contribution in [3.8, 4) is 0 Å². The lowest BCUT2D eigenvalue weighted by molar-refractivity contribution is -0.129. The Bertz CT molecular complexity index is 697. The van der Waals surface area contributed by atoms with Crippen LogP contribution in [-0.4, -0.2) is 29.0 Å². The Kier molecular flexibility index (Phi) is 5.52. The lowest BCUT2D eigenvalue weighted by Crippen LogP contribution is -2.37. The smallest absolute Gasteiger partial charge is 0.338 e. The lowest BCUT2D eigenvalue weighted by atomic mass is 10.2. The average molecular weight is 362 g/mol. The summed E-state index contributed by atoms with van der Waals surface area (Å²) < 4.78 is 5.22. The molecule has 1 unspecified atom stereocenters. The number of amides is 1. The van der Waals surface area contributed by atoms with E-state index in [1.54, 1.807) is 42.2 Å². The molecule has 0 bridgehead atoms. The van der Waals surface area contributed by atoms with Crippen LogP contribution in [0.4, 0.5) is 0 Å². The molecule has 1 heterocycles. The van der Waals surface area contributed by atoms with Gasteiger partial charge in [0.1, 0.15) is 0 Å². The molecular weight excluding hydrogens is 344 g/mol. The number of carbonyl (C=O) groups is 2. The topological polar surface area (TPSA) is 68.3 Å². The lowest BCUT2D eigenvalue weighted by Gasteiger charge is -2.13. The van der Waals surface area contributed by atoms with Crippen LogP contribution in [0.25, 0.3) is 0 Å². The highest BCUT2D eigenvalue weighted by molar-refractivity contribution is 7.98. The molecule has 1 amide bonds. The number of nitrogens with zero attached hydrogens (tertiary/aromatic N) is 1. The van der Waals surface area contributed by atoms with Crippen molar-refractivity contribution in [3.63, 3.8) is 0 Å². The number of ether oxygens (including phenoxy) is 1. The first kappa shape index (κ1) is 17.0. The summed E-state index contributed by atoms with van der Waals surface area (Å²) >= 11 is 3.24. The molecule has 24 heavy (non-hydrogen) atoms. The van der Waals surface area contributed by atoms with Crippen LogP contribution in [0.5, 0.6) is 0 Å². The van der Waals surface area contributed by atoms with Crippen LogP contribution in [0.2, 0.25) is 0 Å². The van der Waals surface area contributed by atoms with Gasteiger partial charge in [-0.15, -0.1) is 23.1 Å². The van der Waals surface area contributed by atoms with Crippen molar-refractivity contribution >= 4 is 35.0 Å². The van der Waals surface area contributed by atoms with E-state index in [0.717, 1.165) is 29.2 Å². The van der Waals surface area contributed by atoms with Crippen LogP contribution in [0.3, 0.4) is 0 Å². The highest BCUT2D eigenvalue weighted by Gasteiger charge is 2.27. The SMILES string of the molecule is CC(OC(=O)c1ccc(SCc2cscn2)cc1)C(=O)NC1CC1. The van der Waals surface area contributed by atoms with Crippen LogP contribution in [0, 0.1) is 0 Å². The molecule has 0 spiro atoms. The molecule has 0 saturated heterocycles. The Morgan fingerprint density at radius 2 is 2.12 bits per heavy atom. The van der Waals surface area contributed by atoms with E-state index in [4.69, 9.17) is 4.74 Å². The number of esters is 1. The number of benzene rings is 1. The second kappa shape index (κ2) is 7.81. The van der Waals surface area contributed by atoms with E-state index in [2.05, 4.69) is 10.3 Å². The maximum atomic E-state index is 12.1. The Morgan fingerprint density at radius 1 is 1.38 bits per heavy atom. The minimum Gasteiger partial charge on any atom is -0.449 e. The van der Waals surface area contributed by atoms with Crippen LogP contribution in [-0.2, 0) is 15.3 Å². The zero-order valence-electron chi connectivity index (χ0n) is 13.2. The molecule has 1 aliphatic carbocycles. The van der Waals surface area contributed by atoms with Gasteiger partial charge in [-0.3, -0.25) is 4.79 Å². The van der Waals surface area contributed by atoms with Gasteiger partial charge in [0.2, 0.25) is 0 Å². The van der Waals surface area contributed by atoms with Crippen molar-refractivity contribution in [1.82, 2.24) is 10.3 Å². The van der Waals surface area contributed by atoms with E-state index in [1.807, 2.05) is 23.0 Å². The number of thiazole rings is 1. The van der Waals surface area contributed by atoms with Gasteiger partial charge in [0.25, 0.3) is 5.91 Å². The van der Waals surface area contributed by atoms with Crippen LogP contribution in [0.15, 0.2) is 40.1 Å². The third-order valence-corrected chi connectivity index (χ3v) is 5.22. The predicted molar refractivity (Wildman–Crippen MR) is 94.2 cm³/mol. The molecule has 1 saturated carbocycles. The van der Waals surface area contributed by atoms with Crippen LogP contribution in [0.1, 0.15) is 35.8 Å². The number of hydrogen-bond donors (Lipinski definition) is 1. The maximum Gasteiger partial charge on any atom is 0.338 e. The van der Waals surface area contributed by atoms with Gasteiger partial charge in [-0.05, 0) is 44.0 Å². The summed E-state index contributed by atoms with van der Waals surface area (Å²) in [6, 6.07) is 7.45. The third-order valence-electron chi connectivity index (χ3n) is 3.54. The maximum absolute atomic E-state index is 12.1. The van der Waals surface area contributed by atoms with Gasteiger partial charge in [-0.25, -0.2) is 9.78 Å². The first-order chi connectivity index (χ1) is 11.6. The molecule has 1 aromatic carbocycles. The van der Waals surface area contributed by atoms with Crippen molar-refractivity contribution in [3.05, 3.63) is 46.4 Å². The molecule has 1 N–H and O–H groups in total. The molecule has 1 fully saturated rings. The van der Waals surface area contributed by atoms with E-state index in [-0.39, 0.29) is 11.9 Å². The van der Waals surface area contributed by atoms with Gasteiger partial charge >= 0.3 is 5.97 Å². The monoisotopic (exact) mass is 362 g/mol. The normalized spacial score (nSPS) is 14.9.